The average molecular weight is 459 g/mol. The lowest BCUT2D eigenvalue weighted by molar-refractivity contribution is 0.459. The monoisotopic (exact) mass is 458 g/mol. The van der Waals surface area contributed by atoms with Gasteiger partial charge >= 0.3 is 0 Å². The first-order valence-corrected chi connectivity index (χ1v) is 12.2. The Balaban J connectivity index is 1.50. The highest BCUT2D eigenvalue weighted by molar-refractivity contribution is 7.15. The Kier molecular flexibility index (Phi) is 6.46. The molecule has 2 aromatic carbocycles. The van der Waals surface area contributed by atoms with Crippen molar-refractivity contribution in [1.82, 2.24) is 15.3 Å². The Hall–Kier alpha value is -3.09. The molecule has 168 valence electrons. The molecule has 0 spiro atoms. The summed E-state index contributed by atoms with van der Waals surface area (Å²) >= 11 is 1.75. The minimum Gasteiger partial charge on any atom is -0.364 e. The molecule has 5 rings (SSSR count). The predicted octanol–water partition coefficient (Wildman–Crippen LogP) is 6.65. The van der Waals surface area contributed by atoms with Gasteiger partial charge in [0.25, 0.3) is 0 Å². The van der Waals surface area contributed by atoms with Crippen LogP contribution in [0.4, 0.5) is 10.2 Å². The molecule has 2 aromatic heterocycles. The van der Waals surface area contributed by atoms with Crippen LogP contribution in [-0.4, -0.2) is 23.1 Å². The third-order valence-corrected chi connectivity index (χ3v) is 7.40. The van der Waals surface area contributed by atoms with Gasteiger partial charge in [0.2, 0.25) is 0 Å². The Morgan fingerprint density at radius 2 is 1.76 bits per heavy atom. The molecule has 33 heavy (non-hydrogen) atoms. The number of aromatic nitrogens is 2. The quantitative estimate of drug-likeness (QED) is 0.340. The molecule has 4 nitrogen and oxygen atoms in total. The molecule has 0 unspecified atom stereocenters. The lowest BCUT2D eigenvalue weighted by Gasteiger charge is -2.20. The van der Waals surface area contributed by atoms with E-state index >= 15 is 0 Å². The van der Waals surface area contributed by atoms with Gasteiger partial charge in [-0.1, -0.05) is 30.3 Å². The number of piperidine rings is 1. The van der Waals surface area contributed by atoms with Gasteiger partial charge in [-0.05, 0) is 80.4 Å². The second-order valence-corrected chi connectivity index (χ2v) is 9.50. The highest BCUT2D eigenvalue weighted by Crippen LogP contribution is 2.41. The fourth-order valence-electron chi connectivity index (χ4n) is 4.28. The Morgan fingerprint density at radius 1 is 1.00 bits per heavy atom. The number of nitrogens with one attached hydrogen (secondary N) is 2. The van der Waals surface area contributed by atoms with E-state index in [1.54, 1.807) is 11.3 Å². The van der Waals surface area contributed by atoms with Crippen molar-refractivity contribution in [3.05, 3.63) is 89.3 Å². The van der Waals surface area contributed by atoms with Gasteiger partial charge in [0.15, 0.2) is 0 Å². The smallest absolute Gasteiger partial charge is 0.126 e. The Bertz CT molecular complexity index is 1200. The van der Waals surface area contributed by atoms with Crippen LogP contribution in [0.3, 0.4) is 0 Å². The van der Waals surface area contributed by atoms with E-state index in [2.05, 4.69) is 40.7 Å². The van der Waals surface area contributed by atoms with E-state index in [1.165, 1.54) is 17.7 Å². The van der Waals surface area contributed by atoms with Crippen LogP contribution < -0.4 is 10.6 Å². The summed E-state index contributed by atoms with van der Waals surface area (Å²) in [7, 11) is 0. The van der Waals surface area contributed by atoms with Crippen molar-refractivity contribution in [2.45, 2.75) is 31.7 Å². The van der Waals surface area contributed by atoms with Crippen LogP contribution in [0.25, 0.3) is 21.7 Å². The Labute approximate surface area is 197 Å². The van der Waals surface area contributed by atoms with E-state index in [0.29, 0.717) is 5.92 Å². The molecular formula is C27H27FN4S. The summed E-state index contributed by atoms with van der Waals surface area (Å²) in [4.78, 5) is 10.7. The van der Waals surface area contributed by atoms with E-state index in [1.807, 2.05) is 42.6 Å². The van der Waals surface area contributed by atoms with Crippen molar-refractivity contribution in [1.29, 1.82) is 0 Å². The molecule has 1 aliphatic rings. The number of nitrogens with zero attached hydrogens (tertiary/aromatic N) is 2. The first kappa shape index (κ1) is 21.7. The average Bonchev–Trinajstić information content (AvgIpc) is 3.31. The van der Waals surface area contributed by atoms with E-state index in [0.717, 1.165) is 58.5 Å². The van der Waals surface area contributed by atoms with Gasteiger partial charge in [-0.3, -0.25) is 0 Å². The van der Waals surface area contributed by atoms with Crippen LogP contribution >= 0.6 is 11.3 Å². The maximum Gasteiger partial charge on any atom is 0.126 e. The van der Waals surface area contributed by atoms with Crippen molar-refractivity contribution < 1.29 is 4.39 Å². The number of halogens is 1. The zero-order valence-electron chi connectivity index (χ0n) is 18.6. The number of hydrogen-bond donors (Lipinski definition) is 2. The normalized spacial score (nSPS) is 15.3. The van der Waals surface area contributed by atoms with Gasteiger partial charge in [0.05, 0.1) is 15.6 Å². The van der Waals surface area contributed by atoms with Gasteiger partial charge in [-0.2, -0.15) is 0 Å². The SMILES string of the molecule is C[C@H](Nc1cc(-c2sc(C3CCNCC3)nc2-c2ccc(F)cc2)ccn1)c1ccccc1. The summed E-state index contributed by atoms with van der Waals surface area (Å²) in [5.74, 6) is 1.05. The van der Waals surface area contributed by atoms with E-state index in [-0.39, 0.29) is 11.9 Å². The summed E-state index contributed by atoms with van der Waals surface area (Å²) in [6, 6.07) is 21.2. The topological polar surface area (TPSA) is 49.8 Å². The molecule has 6 heteroatoms. The summed E-state index contributed by atoms with van der Waals surface area (Å²) < 4.78 is 13.6. The van der Waals surface area contributed by atoms with Gasteiger partial charge in [0.1, 0.15) is 11.6 Å². The summed E-state index contributed by atoms with van der Waals surface area (Å²) in [6.45, 7) is 4.17. The van der Waals surface area contributed by atoms with E-state index < -0.39 is 0 Å². The zero-order valence-corrected chi connectivity index (χ0v) is 19.4. The number of benzene rings is 2. The third kappa shape index (κ3) is 4.97. The maximum atomic E-state index is 13.6. The maximum absolute atomic E-state index is 13.6. The standard InChI is InChI=1S/C27H27FN4S/c1-18(19-5-3-2-4-6-19)31-24-17-22(13-16-30-24)26-25(20-7-9-23(28)10-8-20)32-27(33-26)21-11-14-29-15-12-21/h2-10,13,16-18,21,29H,11-12,14-15H2,1H3,(H,30,31)/t18-/m0/s1. The third-order valence-electron chi connectivity index (χ3n) is 6.14. The number of hydrogen-bond acceptors (Lipinski definition) is 5. The lowest BCUT2D eigenvalue weighted by atomic mass is 9.99. The predicted molar refractivity (Wildman–Crippen MR) is 134 cm³/mol. The summed E-state index contributed by atoms with van der Waals surface area (Å²) in [5.41, 5.74) is 4.14. The van der Waals surface area contributed by atoms with E-state index in [4.69, 9.17) is 4.98 Å². The minimum absolute atomic E-state index is 0.136. The van der Waals surface area contributed by atoms with E-state index in [9.17, 15) is 4.39 Å². The highest BCUT2D eigenvalue weighted by atomic mass is 32.1. The molecule has 1 aliphatic heterocycles. The van der Waals surface area contributed by atoms with Crippen molar-refractivity contribution in [2.75, 3.05) is 18.4 Å². The Morgan fingerprint density at radius 3 is 2.52 bits per heavy atom. The van der Waals surface area contributed by atoms with Gasteiger partial charge in [-0.15, -0.1) is 11.3 Å². The number of rotatable bonds is 6. The van der Waals surface area contributed by atoms with Gasteiger partial charge < -0.3 is 10.6 Å². The van der Waals surface area contributed by atoms with Crippen molar-refractivity contribution in [3.63, 3.8) is 0 Å². The molecule has 4 aromatic rings. The largest absolute Gasteiger partial charge is 0.364 e. The van der Waals surface area contributed by atoms with Crippen molar-refractivity contribution in [3.8, 4) is 21.7 Å². The molecule has 2 N–H and O–H groups in total. The van der Waals surface area contributed by atoms with Crippen LogP contribution in [-0.2, 0) is 0 Å². The molecule has 0 bridgehead atoms. The van der Waals surface area contributed by atoms with Gasteiger partial charge in [0, 0.05) is 23.7 Å². The lowest BCUT2D eigenvalue weighted by Crippen LogP contribution is -2.26. The first-order valence-electron chi connectivity index (χ1n) is 11.4. The molecule has 0 amide bonds. The van der Waals surface area contributed by atoms with Crippen molar-refractivity contribution >= 4 is 17.2 Å². The zero-order chi connectivity index (χ0) is 22.6. The highest BCUT2D eigenvalue weighted by Gasteiger charge is 2.23. The molecule has 0 saturated carbocycles. The molecule has 3 heterocycles. The van der Waals surface area contributed by atoms with Gasteiger partial charge in [-0.25, -0.2) is 14.4 Å². The number of pyridine rings is 1. The van der Waals surface area contributed by atoms with Crippen LogP contribution in [0.15, 0.2) is 72.9 Å². The number of thiazole rings is 1. The van der Waals surface area contributed by atoms with Crippen LogP contribution in [0, 0.1) is 5.82 Å². The molecule has 0 aliphatic carbocycles. The second kappa shape index (κ2) is 9.81. The molecule has 1 fully saturated rings. The number of anilines is 1. The van der Waals surface area contributed by atoms with Crippen LogP contribution in [0.1, 0.15) is 42.3 Å². The second-order valence-electron chi connectivity index (χ2n) is 8.47. The molecule has 0 radical (unpaired) electrons. The molecule has 1 atom stereocenters. The van der Waals surface area contributed by atoms with Crippen LogP contribution in [0.2, 0.25) is 0 Å². The summed E-state index contributed by atoms with van der Waals surface area (Å²) in [6.07, 6.45) is 4.02. The molecule has 1 saturated heterocycles. The summed E-state index contributed by atoms with van der Waals surface area (Å²) in [5, 5.41) is 8.12. The fraction of sp³-hybridized carbons (Fsp3) is 0.259. The first-order chi connectivity index (χ1) is 16.2. The van der Waals surface area contributed by atoms with Crippen molar-refractivity contribution in [2.24, 2.45) is 0 Å². The molecular weight excluding hydrogens is 431 g/mol. The minimum atomic E-state index is -0.237. The van der Waals surface area contributed by atoms with Crippen LogP contribution in [0.5, 0.6) is 0 Å². The fourth-order valence-corrected chi connectivity index (χ4v) is 5.53.